The Hall–Kier alpha value is -2.25. The number of carbonyl (C=O) groups is 1. The lowest BCUT2D eigenvalue weighted by Gasteiger charge is -2.49. The molecule has 1 aliphatic heterocycles. The van der Waals surface area contributed by atoms with Gasteiger partial charge in [-0.25, -0.2) is 4.79 Å². The van der Waals surface area contributed by atoms with E-state index in [2.05, 4.69) is 0 Å². The molecule has 1 aromatic rings. The van der Waals surface area contributed by atoms with Gasteiger partial charge in [-0.3, -0.25) is 10.1 Å². The smallest absolute Gasteiger partial charge is 0.331 e. The Bertz CT molecular complexity index is 678. The van der Waals surface area contributed by atoms with Crippen LogP contribution in [0.4, 0.5) is 5.69 Å². The lowest BCUT2D eigenvalue weighted by Crippen LogP contribution is -2.60. The maximum absolute atomic E-state index is 12.3. The highest BCUT2D eigenvalue weighted by atomic mass is 16.6. The molecule has 2 rings (SSSR count). The third kappa shape index (κ3) is 4.64. The standard InChI is InChI=1S/C18H23N2O5/c1-17(2)11-15(12-18(3,4)20(17)24)25-16(21)9-8-13-6-5-7-14(10-13)19(22)23/h5-10,15H,11-12H2,1-4H3/b9-8+. The fourth-order valence-electron chi connectivity index (χ4n) is 3.36. The maximum Gasteiger partial charge on any atom is 0.331 e. The summed E-state index contributed by atoms with van der Waals surface area (Å²) in [5.41, 5.74) is -0.726. The van der Waals surface area contributed by atoms with Gasteiger partial charge in [0.25, 0.3) is 5.69 Å². The normalized spacial score (nSPS) is 20.5. The summed E-state index contributed by atoms with van der Waals surface area (Å²) in [6, 6.07) is 5.99. The van der Waals surface area contributed by atoms with E-state index in [-0.39, 0.29) is 11.8 Å². The second kappa shape index (κ2) is 6.93. The molecule has 0 unspecified atom stereocenters. The van der Waals surface area contributed by atoms with Gasteiger partial charge in [0.2, 0.25) is 0 Å². The number of rotatable bonds is 4. The van der Waals surface area contributed by atoms with Gasteiger partial charge in [0.05, 0.1) is 4.92 Å². The molecule has 0 spiro atoms. The van der Waals surface area contributed by atoms with Crippen LogP contribution in [0, 0.1) is 10.1 Å². The fourth-order valence-corrected chi connectivity index (χ4v) is 3.36. The van der Waals surface area contributed by atoms with Crippen molar-refractivity contribution in [1.29, 1.82) is 0 Å². The monoisotopic (exact) mass is 347 g/mol. The molecular formula is C18H23N2O5. The molecule has 1 aliphatic rings. The topological polar surface area (TPSA) is 92.6 Å². The number of nitro benzene ring substituents is 1. The van der Waals surface area contributed by atoms with E-state index < -0.39 is 22.0 Å². The van der Waals surface area contributed by atoms with Crippen LogP contribution in [0.5, 0.6) is 0 Å². The molecule has 7 nitrogen and oxygen atoms in total. The minimum Gasteiger partial charge on any atom is -0.459 e. The molecule has 1 aromatic carbocycles. The van der Waals surface area contributed by atoms with Crippen molar-refractivity contribution >= 4 is 17.7 Å². The van der Waals surface area contributed by atoms with E-state index in [1.165, 1.54) is 24.3 Å². The Balaban J connectivity index is 2.03. The van der Waals surface area contributed by atoms with Gasteiger partial charge in [0, 0.05) is 42.1 Å². The Morgan fingerprint density at radius 3 is 2.44 bits per heavy atom. The molecular weight excluding hydrogens is 324 g/mol. The Labute approximate surface area is 147 Å². The number of benzene rings is 1. The van der Waals surface area contributed by atoms with Crippen LogP contribution in [0.25, 0.3) is 6.08 Å². The highest BCUT2D eigenvalue weighted by Crippen LogP contribution is 2.38. The predicted molar refractivity (Wildman–Crippen MR) is 91.9 cm³/mol. The van der Waals surface area contributed by atoms with Crippen molar-refractivity contribution in [2.45, 2.75) is 57.7 Å². The first-order valence-corrected chi connectivity index (χ1v) is 8.12. The summed E-state index contributed by atoms with van der Waals surface area (Å²) in [4.78, 5) is 22.3. The SMILES string of the molecule is CC1(C)CC(OC(=O)/C=C/c2cccc([N+](=O)[O-])c2)CC(C)(C)N1[O]. The van der Waals surface area contributed by atoms with Crippen LogP contribution in [0.3, 0.4) is 0 Å². The summed E-state index contributed by atoms with van der Waals surface area (Å²) < 4.78 is 5.49. The van der Waals surface area contributed by atoms with Crippen molar-refractivity contribution in [3.63, 3.8) is 0 Å². The van der Waals surface area contributed by atoms with Crippen LogP contribution >= 0.6 is 0 Å². The number of carbonyl (C=O) groups excluding carboxylic acids is 1. The van der Waals surface area contributed by atoms with Gasteiger partial charge in [-0.1, -0.05) is 12.1 Å². The van der Waals surface area contributed by atoms with Crippen LogP contribution in [-0.4, -0.2) is 33.1 Å². The molecule has 1 heterocycles. The number of hydrogen-bond donors (Lipinski definition) is 0. The van der Waals surface area contributed by atoms with Crippen molar-refractivity contribution in [3.05, 3.63) is 46.0 Å². The van der Waals surface area contributed by atoms with Crippen molar-refractivity contribution in [2.24, 2.45) is 0 Å². The third-order valence-corrected chi connectivity index (χ3v) is 4.33. The van der Waals surface area contributed by atoms with Crippen LogP contribution in [0.15, 0.2) is 30.3 Å². The lowest BCUT2D eigenvalue weighted by molar-refractivity contribution is -0.384. The van der Waals surface area contributed by atoms with Crippen LogP contribution in [0.2, 0.25) is 0 Å². The number of hydrogen-bond acceptors (Lipinski definition) is 5. The zero-order chi connectivity index (χ0) is 18.8. The highest BCUT2D eigenvalue weighted by molar-refractivity contribution is 5.87. The van der Waals surface area contributed by atoms with Gasteiger partial charge in [-0.05, 0) is 39.3 Å². The predicted octanol–water partition coefficient (Wildman–Crippen LogP) is 3.52. The first-order chi connectivity index (χ1) is 11.5. The van der Waals surface area contributed by atoms with Crippen molar-refractivity contribution in [2.75, 3.05) is 0 Å². The molecule has 0 saturated carbocycles. The van der Waals surface area contributed by atoms with E-state index in [9.17, 15) is 20.1 Å². The van der Waals surface area contributed by atoms with Gasteiger partial charge in [0.15, 0.2) is 0 Å². The number of non-ortho nitro benzene ring substituents is 1. The zero-order valence-corrected chi connectivity index (χ0v) is 14.9. The first-order valence-electron chi connectivity index (χ1n) is 8.12. The molecule has 0 N–H and O–H groups in total. The molecule has 135 valence electrons. The van der Waals surface area contributed by atoms with Crippen LogP contribution in [-0.2, 0) is 14.7 Å². The average molecular weight is 347 g/mol. The minimum absolute atomic E-state index is 0.0400. The molecule has 0 amide bonds. The number of esters is 1. The van der Waals surface area contributed by atoms with E-state index in [4.69, 9.17) is 4.74 Å². The van der Waals surface area contributed by atoms with Crippen molar-refractivity contribution in [3.8, 4) is 0 Å². The molecule has 0 bridgehead atoms. The summed E-state index contributed by atoms with van der Waals surface area (Å²) in [6.45, 7) is 7.34. The van der Waals surface area contributed by atoms with Crippen LogP contribution in [0.1, 0.15) is 46.1 Å². The quantitative estimate of drug-likeness (QED) is 0.359. The van der Waals surface area contributed by atoms with Gasteiger partial charge in [0.1, 0.15) is 6.10 Å². The van der Waals surface area contributed by atoms with E-state index >= 15 is 0 Å². The summed E-state index contributed by atoms with van der Waals surface area (Å²) in [5, 5.41) is 24.1. The maximum atomic E-state index is 12.3. The van der Waals surface area contributed by atoms with E-state index in [0.29, 0.717) is 18.4 Å². The van der Waals surface area contributed by atoms with Crippen molar-refractivity contribution < 1.29 is 19.7 Å². The Morgan fingerprint density at radius 1 is 1.28 bits per heavy atom. The van der Waals surface area contributed by atoms with E-state index in [1.54, 1.807) is 12.1 Å². The molecule has 0 aliphatic carbocycles. The average Bonchev–Trinajstić information content (AvgIpc) is 2.50. The summed E-state index contributed by atoms with van der Waals surface area (Å²) in [6.07, 6.45) is 3.29. The Morgan fingerprint density at radius 2 is 1.88 bits per heavy atom. The highest BCUT2D eigenvalue weighted by Gasteiger charge is 2.47. The second-order valence-corrected chi connectivity index (χ2v) is 7.57. The number of hydroxylamine groups is 2. The van der Waals surface area contributed by atoms with Crippen LogP contribution < -0.4 is 0 Å². The fraction of sp³-hybridized carbons (Fsp3) is 0.500. The van der Waals surface area contributed by atoms with Gasteiger partial charge >= 0.3 is 5.97 Å². The number of nitrogens with zero attached hydrogens (tertiary/aromatic N) is 2. The third-order valence-electron chi connectivity index (χ3n) is 4.33. The van der Waals surface area contributed by atoms with E-state index in [1.807, 2.05) is 27.7 Å². The van der Waals surface area contributed by atoms with Gasteiger partial charge in [-0.15, -0.1) is 10.3 Å². The molecule has 0 aromatic heterocycles. The second-order valence-electron chi connectivity index (χ2n) is 7.57. The minimum atomic E-state index is -0.615. The largest absolute Gasteiger partial charge is 0.459 e. The molecule has 1 saturated heterocycles. The number of piperidine rings is 1. The number of ether oxygens (including phenoxy) is 1. The molecule has 7 heteroatoms. The molecule has 0 atom stereocenters. The molecule has 1 fully saturated rings. The van der Waals surface area contributed by atoms with E-state index in [0.717, 1.165) is 5.06 Å². The summed E-state index contributed by atoms with van der Waals surface area (Å²) >= 11 is 0. The lowest BCUT2D eigenvalue weighted by atomic mass is 9.80. The molecule has 1 radical (unpaired) electrons. The van der Waals surface area contributed by atoms with Crippen molar-refractivity contribution in [1.82, 2.24) is 5.06 Å². The number of nitro groups is 1. The summed E-state index contributed by atoms with van der Waals surface area (Å²) in [7, 11) is 0. The summed E-state index contributed by atoms with van der Waals surface area (Å²) in [5.74, 6) is -0.526. The Kier molecular flexibility index (Phi) is 5.29. The van der Waals surface area contributed by atoms with Gasteiger partial charge < -0.3 is 4.74 Å². The first kappa shape index (κ1) is 19.1. The zero-order valence-electron chi connectivity index (χ0n) is 14.9. The van der Waals surface area contributed by atoms with Gasteiger partial charge in [-0.2, -0.15) is 0 Å². The molecule has 25 heavy (non-hydrogen) atoms.